The van der Waals surface area contributed by atoms with Crippen LogP contribution in [0, 0.1) is 23.7 Å². The van der Waals surface area contributed by atoms with Gasteiger partial charge < -0.3 is 4.90 Å². The fourth-order valence-electron chi connectivity index (χ4n) is 1.77. The van der Waals surface area contributed by atoms with Crippen molar-refractivity contribution in [1.82, 2.24) is 4.90 Å². The Balaban J connectivity index is 2.55. The largest absolute Gasteiger partial charge is 0.301 e. The standard InChI is InChI=1S/C14H20N2/c1-12-5-7-13(8-6-12)9-16(4)11-14(2,3)10-15/h5-8H,9,11H2,1-4H3. The van der Waals surface area contributed by atoms with Crippen LogP contribution in [0.25, 0.3) is 0 Å². The van der Waals surface area contributed by atoms with Crippen LogP contribution in [0.5, 0.6) is 0 Å². The zero-order valence-corrected chi connectivity index (χ0v) is 10.6. The topological polar surface area (TPSA) is 27.0 Å². The van der Waals surface area contributed by atoms with Gasteiger partial charge in [0.1, 0.15) is 0 Å². The third kappa shape index (κ3) is 4.04. The molecule has 0 heterocycles. The van der Waals surface area contributed by atoms with E-state index in [1.165, 1.54) is 11.1 Å². The molecule has 0 aliphatic rings. The van der Waals surface area contributed by atoms with Gasteiger partial charge in [-0.1, -0.05) is 29.8 Å². The highest BCUT2D eigenvalue weighted by Crippen LogP contribution is 2.16. The zero-order valence-electron chi connectivity index (χ0n) is 10.6. The molecule has 0 fully saturated rings. The summed E-state index contributed by atoms with van der Waals surface area (Å²) < 4.78 is 0. The molecule has 2 nitrogen and oxygen atoms in total. The molecule has 0 aliphatic heterocycles. The normalized spacial score (nSPS) is 11.5. The third-order valence-electron chi connectivity index (χ3n) is 2.54. The Morgan fingerprint density at radius 1 is 1.25 bits per heavy atom. The molecule has 1 aromatic rings. The van der Waals surface area contributed by atoms with Gasteiger partial charge in [-0.15, -0.1) is 0 Å². The highest BCUT2D eigenvalue weighted by molar-refractivity contribution is 5.21. The summed E-state index contributed by atoms with van der Waals surface area (Å²) in [6, 6.07) is 10.9. The Kier molecular flexibility index (Phi) is 4.09. The fourth-order valence-corrected chi connectivity index (χ4v) is 1.77. The van der Waals surface area contributed by atoms with Crippen molar-refractivity contribution in [2.45, 2.75) is 27.3 Å². The Morgan fingerprint density at radius 3 is 2.31 bits per heavy atom. The van der Waals surface area contributed by atoms with E-state index in [0.717, 1.165) is 13.1 Å². The van der Waals surface area contributed by atoms with Crippen LogP contribution in [0.1, 0.15) is 25.0 Å². The van der Waals surface area contributed by atoms with E-state index in [1.807, 2.05) is 13.8 Å². The van der Waals surface area contributed by atoms with Crippen LogP contribution in [0.2, 0.25) is 0 Å². The van der Waals surface area contributed by atoms with Crippen molar-refractivity contribution in [3.8, 4) is 6.07 Å². The van der Waals surface area contributed by atoms with Gasteiger partial charge in [-0.3, -0.25) is 0 Å². The molecule has 0 amide bonds. The van der Waals surface area contributed by atoms with Crippen LogP contribution in [0.15, 0.2) is 24.3 Å². The van der Waals surface area contributed by atoms with Crippen molar-refractivity contribution >= 4 is 0 Å². The molecule has 1 rings (SSSR count). The van der Waals surface area contributed by atoms with Gasteiger partial charge >= 0.3 is 0 Å². The van der Waals surface area contributed by atoms with Gasteiger partial charge in [0, 0.05) is 13.1 Å². The van der Waals surface area contributed by atoms with Crippen LogP contribution < -0.4 is 0 Å². The highest BCUT2D eigenvalue weighted by atomic mass is 15.1. The summed E-state index contributed by atoms with van der Waals surface area (Å²) in [5, 5.41) is 8.97. The molecule has 0 saturated carbocycles. The lowest BCUT2D eigenvalue weighted by Gasteiger charge is -2.24. The maximum atomic E-state index is 8.97. The number of nitriles is 1. The van der Waals surface area contributed by atoms with Gasteiger partial charge in [-0.2, -0.15) is 5.26 Å². The first-order valence-corrected chi connectivity index (χ1v) is 5.58. The van der Waals surface area contributed by atoms with E-state index in [2.05, 4.69) is 49.2 Å². The molecule has 0 bridgehead atoms. The van der Waals surface area contributed by atoms with E-state index < -0.39 is 0 Å². The third-order valence-corrected chi connectivity index (χ3v) is 2.54. The average Bonchev–Trinajstić information content (AvgIpc) is 2.21. The molecule has 16 heavy (non-hydrogen) atoms. The molecule has 0 unspecified atom stereocenters. The summed E-state index contributed by atoms with van der Waals surface area (Å²) in [4.78, 5) is 2.19. The number of rotatable bonds is 4. The van der Waals surface area contributed by atoms with Crippen molar-refractivity contribution in [3.05, 3.63) is 35.4 Å². The molecule has 86 valence electrons. The maximum Gasteiger partial charge on any atom is 0.0697 e. The van der Waals surface area contributed by atoms with Crippen LogP contribution in [-0.4, -0.2) is 18.5 Å². The summed E-state index contributed by atoms with van der Waals surface area (Å²) in [5.41, 5.74) is 2.30. The SMILES string of the molecule is Cc1ccc(CN(C)CC(C)(C)C#N)cc1. The molecule has 0 aliphatic carbocycles. The second-order valence-corrected chi connectivity index (χ2v) is 5.15. The summed E-state index contributed by atoms with van der Waals surface area (Å²) in [6.45, 7) is 7.71. The number of benzene rings is 1. The first kappa shape index (κ1) is 12.7. The summed E-state index contributed by atoms with van der Waals surface area (Å²) in [5.74, 6) is 0. The predicted molar refractivity (Wildman–Crippen MR) is 66.9 cm³/mol. The van der Waals surface area contributed by atoms with Crippen LogP contribution in [0.3, 0.4) is 0 Å². The lowest BCUT2D eigenvalue weighted by Crippen LogP contribution is -2.29. The van der Waals surface area contributed by atoms with Crippen molar-refractivity contribution in [2.75, 3.05) is 13.6 Å². The van der Waals surface area contributed by atoms with Gasteiger partial charge in [-0.25, -0.2) is 0 Å². The fraction of sp³-hybridized carbons (Fsp3) is 0.500. The molecule has 0 saturated heterocycles. The Hall–Kier alpha value is -1.33. The van der Waals surface area contributed by atoms with Gasteiger partial charge in [0.15, 0.2) is 0 Å². The van der Waals surface area contributed by atoms with Crippen molar-refractivity contribution in [2.24, 2.45) is 5.41 Å². The maximum absolute atomic E-state index is 8.97. The minimum atomic E-state index is -0.278. The van der Waals surface area contributed by atoms with Gasteiger partial charge in [0.25, 0.3) is 0 Å². The van der Waals surface area contributed by atoms with Crippen LogP contribution in [0.4, 0.5) is 0 Å². The van der Waals surface area contributed by atoms with E-state index in [4.69, 9.17) is 5.26 Å². The second kappa shape index (κ2) is 5.14. The quantitative estimate of drug-likeness (QED) is 0.773. The first-order chi connectivity index (χ1) is 7.43. The molecule has 2 heteroatoms. The Labute approximate surface area is 98.5 Å². The molecule has 0 atom stereocenters. The molecule has 0 N–H and O–H groups in total. The number of aryl methyl sites for hydroxylation is 1. The molecule has 0 radical (unpaired) electrons. The van der Waals surface area contributed by atoms with E-state index in [1.54, 1.807) is 0 Å². The molecular formula is C14H20N2. The van der Waals surface area contributed by atoms with E-state index in [9.17, 15) is 0 Å². The summed E-state index contributed by atoms with van der Waals surface area (Å²) in [6.07, 6.45) is 0. The van der Waals surface area contributed by atoms with Crippen molar-refractivity contribution < 1.29 is 0 Å². The van der Waals surface area contributed by atoms with E-state index in [-0.39, 0.29) is 5.41 Å². The molecule has 0 spiro atoms. The minimum Gasteiger partial charge on any atom is -0.301 e. The monoisotopic (exact) mass is 216 g/mol. The number of nitrogens with zero attached hydrogens (tertiary/aromatic N) is 2. The summed E-state index contributed by atoms with van der Waals surface area (Å²) >= 11 is 0. The van der Waals surface area contributed by atoms with E-state index >= 15 is 0 Å². The minimum absolute atomic E-state index is 0.278. The van der Waals surface area contributed by atoms with Crippen molar-refractivity contribution in [1.29, 1.82) is 5.26 Å². The van der Waals surface area contributed by atoms with E-state index in [0.29, 0.717) is 0 Å². The van der Waals surface area contributed by atoms with Gasteiger partial charge in [0.05, 0.1) is 11.5 Å². The molecule has 1 aromatic carbocycles. The van der Waals surface area contributed by atoms with Gasteiger partial charge in [-0.05, 0) is 33.4 Å². The average molecular weight is 216 g/mol. The second-order valence-electron chi connectivity index (χ2n) is 5.15. The highest BCUT2D eigenvalue weighted by Gasteiger charge is 2.18. The number of hydrogen-bond donors (Lipinski definition) is 0. The number of hydrogen-bond acceptors (Lipinski definition) is 2. The van der Waals surface area contributed by atoms with Crippen molar-refractivity contribution in [3.63, 3.8) is 0 Å². The first-order valence-electron chi connectivity index (χ1n) is 5.58. The molecular weight excluding hydrogens is 196 g/mol. The Bertz CT molecular complexity index is 371. The van der Waals surface area contributed by atoms with Crippen LogP contribution in [-0.2, 0) is 6.54 Å². The summed E-state index contributed by atoms with van der Waals surface area (Å²) in [7, 11) is 2.05. The molecule has 0 aromatic heterocycles. The van der Waals surface area contributed by atoms with Gasteiger partial charge in [0.2, 0.25) is 0 Å². The van der Waals surface area contributed by atoms with Crippen LogP contribution >= 0.6 is 0 Å². The smallest absolute Gasteiger partial charge is 0.0697 e. The lowest BCUT2D eigenvalue weighted by molar-refractivity contribution is 0.249. The zero-order chi connectivity index (χ0) is 12.2. The Morgan fingerprint density at radius 2 is 1.81 bits per heavy atom. The predicted octanol–water partition coefficient (Wildman–Crippen LogP) is 2.98. The lowest BCUT2D eigenvalue weighted by atomic mass is 9.95.